The summed E-state index contributed by atoms with van der Waals surface area (Å²) < 4.78 is 45.1. The number of phosphoric ester groups is 2. The molecule has 8 nitrogen and oxygen atoms in total. The smallest absolute Gasteiger partial charge is 0.385 e. The summed E-state index contributed by atoms with van der Waals surface area (Å²) in [6, 6.07) is 16.3. The number of rotatable bonds is 8. The van der Waals surface area contributed by atoms with E-state index in [0.29, 0.717) is 30.7 Å². The van der Waals surface area contributed by atoms with E-state index in [0.717, 1.165) is 16.7 Å². The van der Waals surface area contributed by atoms with Crippen molar-refractivity contribution >= 4 is 98.2 Å². The number of hydrogen-bond acceptors (Lipinski definition) is 6. The normalized spacial score (nSPS) is 11.9. The molecule has 39 heavy (non-hydrogen) atoms. The Labute approximate surface area is 266 Å². The van der Waals surface area contributed by atoms with E-state index in [-0.39, 0.29) is 0 Å². The third-order valence-corrected chi connectivity index (χ3v) is 8.20. The molecule has 0 aliphatic heterocycles. The van der Waals surface area contributed by atoms with Crippen molar-refractivity contribution < 1.29 is 37.0 Å². The monoisotopic (exact) mass is 830 g/mol. The van der Waals surface area contributed by atoms with Crippen LogP contribution in [0.1, 0.15) is 16.7 Å². The fourth-order valence-corrected chi connectivity index (χ4v) is 6.78. The van der Waals surface area contributed by atoms with Crippen molar-refractivity contribution in [1.82, 2.24) is 0 Å². The molecule has 0 bridgehead atoms. The molecule has 3 rings (SSSR count). The zero-order chi connectivity index (χ0) is 29.6. The first-order chi connectivity index (χ1) is 17.9. The predicted molar refractivity (Wildman–Crippen MR) is 164 cm³/mol. The lowest BCUT2D eigenvalue weighted by atomic mass is 10.2. The maximum atomic E-state index is 13.7. The van der Waals surface area contributed by atoms with Gasteiger partial charge in [0.25, 0.3) is 0 Å². The second-order valence-corrected chi connectivity index (χ2v) is 15.7. The summed E-state index contributed by atoms with van der Waals surface area (Å²) in [6.07, 6.45) is 0. The molecular formula is C23H22Br3Cl3O8P2. The minimum atomic E-state index is -4.52. The highest BCUT2D eigenvalue weighted by Crippen LogP contribution is 2.53. The quantitative estimate of drug-likeness (QED) is 0.171. The Morgan fingerprint density at radius 3 is 1.21 bits per heavy atom. The molecule has 0 aliphatic carbocycles. The van der Waals surface area contributed by atoms with E-state index in [9.17, 15) is 9.13 Å². The number of halogens is 6. The van der Waals surface area contributed by atoms with E-state index >= 15 is 0 Å². The van der Waals surface area contributed by atoms with Crippen LogP contribution in [0.5, 0.6) is 17.2 Å². The molecule has 214 valence electrons. The van der Waals surface area contributed by atoms with Crippen molar-refractivity contribution in [3.8, 4) is 17.2 Å². The van der Waals surface area contributed by atoms with Crippen LogP contribution in [-0.2, 0) is 13.7 Å². The SMILES string of the molecule is Cc1ccc(OP(=O)(Oc2ccc(C)cc2Br)Oc2ccc(C)cc2Br)c(Br)c1.O=P(O)(O)OCC(Cl)(Cl)Cl. The Bertz CT molecular complexity index is 1260. The molecule has 0 aliphatic rings. The van der Waals surface area contributed by atoms with Crippen LogP contribution in [0, 0.1) is 20.8 Å². The molecule has 2 N–H and O–H groups in total. The Kier molecular flexibility index (Phi) is 13.2. The summed E-state index contributed by atoms with van der Waals surface area (Å²) in [6.45, 7) is 5.22. The van der Waals surface area contributed by atoms with Crippen LogP contribution in [0.3, 0.4) is 0 Å². The second kappa shape index (κ2) is 14.7. The van der Waals surface area contributed by atoms with Crippen molar-refractivity contribution in [2.75, 3.05) is 6.61 Å². The van der Waals surface area contributed by atoms with Gasteiger partial charge in [-0.1, -0.05) is 53.0 Å². The lowest BCUT2D eigenvalue weighted by Gasteiger charge is -2.21. The van der Waals surface area contributed by atoms with Gasteiger partial charge in [0.2, 0.25) is 3.79 Å². The number of hydrogen-bond donors (Lipinski definition) is 2. The Morgan fingerprint density at radius 1 is 0.692 bits per heavy atom. The third kappa shape index (κ3) is 13.0. The Morgan fingerprint density at radius 2 is 1.00 bits per heavy atom. The largest absolute Gasteiger partial charge is 0.647 e. The van der Waals surface area contributed by atoms with Gasteiger partial charge >= 0.3 is 15.6 Å². The van der Waals surface area contributed by atoms with E-state index in [2.05, 4.69) is 52.3 Å². The van der Waals surface area contributed by atoms with Crippen molar-refractivity contribution in [2.45, 2.75) is 24.6 Å². The maximum Gasteiger partial charge on any atom is 0.647 e. The average Bonchev–Trinajstić information content (AvgIpc) is 2.78. The highest BCUT2D eigenvalue weighted by Gasteiger charge is 2.35. The molecule has 0 unspecified atom stereocenters. The summed E-state index contributed by atoms with van der Waals surface area (Å²) >= 11 is 25.6. The molecule has 0 saturated carbocycles. The van der Waals surface area contributed by atoms with Crippen LogP contribution in [0.15, 0.2) is 68.0 Å². The molecule has 0 spiro atoms. The van der Waals surface area contributed by atoms with Crippen molar-refractivity contribution in [3.63, 3.8) is 0 Å². The molecule has 16 heteroatoms. The van der Waals surface area contributed by atoms with Crippen molar-refractivity contribution in [2.24, 2.45) is 0 Å². The number of phosphoric acid groups is 2. The van der Waals surface area contributed by atoms with Gasteiger partial charge in [-0.25, -0.2) is 4.57 Å². The highest BCUT2D eigenvalue weighted by atomic mass is 79.9. The summed E-state index contributed by atoms with van der Waals surface area (Å²) in [7, 11) is -8.62. The van der Waals surface area contributed by atoms with E-state index in [1.807, 2.05) is 57.2 Å². The van der Waals surface area contributed by atoms with Crippen LogP contribution in [0.4, 0.5) is 0 Å². The van der Waals surface area contributed by atoms with Gasteiger partial charge in [-0.15, -0.1) is 0 Å². The predicted octanol–water partition coefficient (Wildman–Crippen LogP) is 10.0. The van der Waals surface area contributed by atoms with Crippen LogP contribution in [0.25, 0.3) is 0 Å². The van der Waals surface area contributed by atoms with E-state index < -0.39 is 26.0 Å². The average molecular weight is 834 g/mol. The summed E-state index contributed by atoms with van der Waals surface area (Å²) in [4.78, 5) is 16.2. The molecule has 0 aromatic heterocycles. The molecule has 0 heterocycles. The molecule has 0 radical (unpaired) electrons. The van der Waals surface area contributed by atoms with Gasteiger partial charge in [0.05, 0.1) is 13.4 Å². The Hall–Kier alpha value is -0.290. The van der Waals surface area contributed by atoms with Gasteiger partial charge in [-0.05, 0) is 122 Å². The van der Waals surface area contributed by atoms with Gasteiger partial charge < -0.3 is 23.4 Å². The van der Waals surface area contributed by atoms with Crippen LogP contribution >= 0.6 is 98.2 Å². The molecule has 3 aromatic carbocycles. The molecule has 0 fully saturated rings. The molecular weight excluding hydrogens is 812 g/mol. The van der Waals surface area contributed by atoms with E-state index in [1.54, 1.807) is 18.2 Å². The first kappa shape index (κ1) is 34.9. The lowest BCUT2D eigenvalue weighted by molar-refractivity contribution is 0.200. The summed E-state index contributed by atoms with van der Waals surface area (Å²) in [5.74, 6) is 1.06. The van der Waals surface area contributed by atoms with Gasteiger partial charge in [-0.2, -0.15) is 4.57 Å². The number of aryl methyl sites for hydroxylation is 3. The fourth-order valence-electron chi connectivity index (χ4n) is 2.61. The topological polar surface area (TPSA) is 112 Å². The first-order valence-electron chi connectivity index (χ1n) is 10.6. The van der Waals surface area contributed by atoms with Crippen LogP contribution in [0.2, 0.25) is 0 Å². The second-order valence-electron chi connectivity index (χ2n) is 7.90. The minimum Gasteiger partial charge on any atom is -0.385 e. The summed E-state index contributed by atoms with van der Waals surface area (Å²) in [5.41, 5.74) is 3.09. The number of benzene rings is 3. The Balaban J connectivity index is 0.000000455. The van der Waals surface area contributed by atoms with Gasteiger partial charge in [0.15, 0.2) is 0 Å². The molecule has 0 atom stereocenters. The zero-order valence-corrected chi connectivity index (χ0v) is 29.2. The summed E-state index contributed by atoms with van der Waals surface area (Å²) in [5, 5.41) is 0. The minimum absolute atomic E-state index is 0.352. The lowest BCUT2D eigenvalue weighted by Crippen LogP contribution is -2.11. The van der Waals surface area contributed by atoms with Crippen molar-refractivity contribution in [1.29, 1.82) is 0 Å². The fraction of sp³-hybridized carbons (Fsp3) is 0.217. The van der Waals surface area contributed by atoms with Gasteiger partial charge in [-0.3, -0.25) is 4.52 Å². The standard InChI is InChI=1S/C21H18Br3O4P.C2H4Cl3O4P/c1-13-4-7-19(16(22)10-13)26-29(25,27-20-8-5-14(2)11-17(20)23)28-21-9-6-15(3)12-18(21)24;3-2(4,5)1-9-10(6,7)8/h4-12H,1-3H3;1H2,(H2,6,7,8). The third-order valence-electron chi connectivity index (χ3n) is 4.29. The van der Waals surface area contributed by atoms with Crippen LogP contribution < -0.4 is 13.6 Å². The van der Waals surface area contributed by atoms with Gasteiger partial charge in [0.1, 0.15) is 23.9 Å². The highest BCUT2D eigenvalue weighted by molar-refractivity contribution is 9.11. The van der Waals surface area contributed by atoms with Gasteiger partial charge in [0, 0.05) is 0 Å². The van der Waals surface area contributed by atoms with Crippen molar-refractivity contribution in [3.05, 3.63) is 84.7 Å². The van der Waals surface area contributed by atoms with Crippen LogP contribution in [-0.4, -0.2) is 20.2 Å². The first-order valence-corrected chi connectivity index (χ1v) is 17.1. The number of alkyl halides is 3. The maximum absolute atomic E-state index is 13.7. The van der Waals surface area contributed by atoms with E-state index in [1.165, 1.54) is 0 Å². The molecule has 0 saturated heterocycles. The molecule has 3 aromatic rings. The zero-order valence-electron chi connectivity index (χ0n) is 20.4. The van der Waals surface area contributed by atoms with E-state index in [4.69, 9.17) is 58.2 Å². The molecule has 0 amide bonds.